The summed E-state index contributed by atoms with van der Waals surface area (Å²) in [5.74, 6) is -0.342. The Labute approximate surface area is 88.5 Å². The topological polar surface area (TPSA) is 96.9 Å². The van der Waals surface area contributed by atoms with E-state index in [1.807, 2.05) is 6.92 Å². The minimum atomic E-state index is -0.328. The van der Waals surface area contributed by atoms with Crippen LogP contribution in [0.25, 0.3) is 0 Å². The van der Waals surface area contributed by atoms with E-state index in [-0.39, 0.29) is 23.7 Å². The highest BCUT2D eigenvalue weighted by atomic mass is 16.5. The molecule has 1 fully saturated rings. The van der Waals surface area contributed by atoms with Gasteiger partial charge in [-0.2, -0.15) is 0 Å². The highest BCUT2D eigenvalue weighted by Crippen LogP contribution is 2.18. The molecule has 0 saturated carbocycles. The first-order chi connectivity index (χ1) is 7.06. The van der Waals surface area contributed by atoms with Gasteiger partial charge in [0, 0.05) is 6.61 Å². The molecule has 6 heteroatoms. The zero-order chi connectivity index (χ0) is 11.3. The summed E-state index contributed by atoms with van der Waals surface area (Å²) in [5.41, 5.74) is 4.90. The van der Waals surface area contributed by atoms with Crippen molar-refractivity contribution in [1.29, 1.82) is 0 Å². The predicted molar refractivity (Wildman–Crippen MR) is 54.6 cm³/mol. The van der Waals surface area contributed by atoms with Crippen molar-refractivity contribution in [3.8, 4) is 0 Å². The predicted octanol–water partition coefficient (Wildman–Crippen LogP) is -0.192. The van der Waals surface area contributed by atoms with Crippen LogP contribution in [0.4, 0.5) is 0 Å². The van der Waals surface area contributed by atoms with E-state index in [9.17, 15) is 4.79 Å². The Bertz CT molecular complexity index is 259. The van der Waals surface area contributed by atoms with Crippen molar-refractivity contribution in [2.45, 2.75) is 31.7 Å². The summed E-state index contributed by atoms with van der Waals surface area (Å²) in [6.45, 7) is 3.18. The molecule has 15 heavy (non-hydrogen) atoms. The maximum Gasteiger partial charge on any atom is 0.228 e. The van der Waals surface area contributed by atoms with Gasteiger partial charge in [-0.15, -0.1) is 0 Å². The maximum absolute atomic E-state index is 11.4. The highest BCUT2D eigenvalue weighted by molar-refractivity contribution is 5.98. The second-order valence-corrected chi connectivity index (χ2v) is 4.03. The number of oxime groups is 1. The minimum Gasteiger partial charge on any atom is -0.409 e. The Morgan fingerprint density at radius 3 is 3.00 bits per heavy atom. The van der Waals surface area contributed by atoms with Crippen molar-refractivity contribution in [3.63, 3.8) is 0 Å². The lowest BCUT2D eigenvalue weighted by atomic mass is 9.95. The molecule has 6 nitrogen and oxygen atoms in total. The average Bonchev–Trinajstić information content (AvgIpc) is 2.17. The van der Waals surface area contributed by atoms with E-state index < -0.39 is 0 Å². The van der Waals surface area contributed by atoms with Crippen molar-refractivity contribution in [2.75, 3.05) is 13.2 Å². The van der Waals surface area contributed by atoms with Gasteiger partial charge in [0.2, 0.25) is 5.91 Å². The number of hydrogen-bond acceptors (Lipinski definition) is 4. The number of carbonyl (C=O) groups is 1. The minimum absolute atomic E-state index is 0.0900. The molecule has 0 spiro atoms. The summed E-state index contributed by atoms with van der Waals surface area (Å²) in [7, 11) is 0. The Morgan fingerprint density at radius 2 is 2.47 bits per heavy atom. The Morgan fingerprint density at radius 1 is 1.73 bits per heavy atom. The van der Waals surface area contributed by atoms with Gasteiger partial charge in [-0.25, -0.2) is 0 Å². The smallest absolute Gasteiger partial charge is 0.228 e. The van der Waals surface area contributed by atoms with E-state index in [0.29, 0.717) is 6.61 Å². The summed E-state index contributed by atoms with van der Waals surface area (Å²) in [6.07, 6.45) is 1.72. The zero-order valence-corrected chi connectivity index (χ0v) is 8.82. The van der Waals surface area contributed by atoms with E-state index in [0.717, 1.165) is 19.4 Å². The molecule has 0 aromatic rings. The Balaban J connectivity index is 2.42. The van der Waals surface area contributed by atoms with Crippen molar-refractivity contribution in [1.82, 2.24) is 5.32 Å². The van der Waals surface area contributed by atoms with Crippen LogP contribution in [0, 0.1) is 0 Å². The molecule has 0 radical (unpaired) electrons. The van der Waals surface area contributed by atoms with Gasteiger partial charge in [0.25, 0.3) is 0 Å². The molecule has 0 aromatic heterocycles. The van der Waals surface area contributed by atoms with Crippen LogP contribution < -0.4 is 11.1 Å². The third-order valence-corrected chi connectivity index (χ3v) is 2.35. The lowest BCUT2D eigenvalue weighted by Crippen LogP contribution is -2.52. The van der Waals surface area contributed by atoms with Gasteiger partial charge in [0.05, 0.1) is 18.6 Å². The van der Waals surface area contributed by atoms with Crippen LogP contribution in [0.2, 0.25) is 0 Å². The molecule has 1 saturated heterocycles. The molecule has 86 valence electrons. The van der Waals surface area contributed by atoms with Gasteiger partial charge < -0.3 is 21.0 Å². The maximum atomic E-state index is 11.4. The first kappa shape index (κ1) is 11.8. The van der Waals surface area contributed by atoms with Crippen LogP contribution in [-0.2, 0) is 9.53 Å². The quantitative estimate of drug-likeness (QED) is 0.263. The van der Waals surface area contributed by atoms with Gasteiger partial charge in [0.1, 0.15) is 5.84 Å². The molecule has 0 aliphatic carbocycles. The van der Waals surface area contributed by atoms with Crippen LogP contribution in [0.15, 0.2) is 5.16 Å². The number of amidine groups is 1. The summed E-state index contributed by atoms with van der Waals surface area (Å²) in [6, 6.07) is 0. The number of amides is 1. The lowest BCUT2D eigenvalue weighted by Gasteiger charge is -2.34. The molecule has 4 N–H and O–H groups in total. The summed E-state index contributed by atoms with van der Waals surface area (Å²) < 4.78 is 5.29. The van der Waals surface area contributed by atoms with Gasteiger partial charge in [-0.3, -0.25) is 4.79 Å². The van der Waals surface area contributed by atoms with E-state index in [2.05, 4.69) is 10.5 Å². The van der Waals surface area contributed by atoms with Crippen LogP contribution in [-0.4, -0.2) is 35.7 Å². The number of nitrogens with one attached hydrogen (secondary N) is 1. The molecule has 1 aliphatic heterocycles. The highest BCUT2D eigenvalue weighted by Gasteiger charge is 2.29. The number of ether oxygens (including phenoxy) is 1. The van der Waals surface area contributed by atoms with Gasteiger partial charge in [0.15, 0.2) is 0 Å². The molecule has 1 unspecified atom stereocenters. The van der Waals surface area contributed by atoms with Gasteiger partial charge >= 0.3 is 0 Å². The zero-order valence-electron chi connectivity index (χ0n) is 8.82. The van der Waals surface area contributed by atoms with E-state index in [4.69, 9.17) is 15.7 Å². The third-order valence-electron chi connectivity index (χ3n) is 2.35. The summed E-state index contributed by atoms with van der Waals surface area (Å²) in [4.78, 5) is 11.4. The fourth-order valence-electron chi connectivity index (χ4n) is 1.61. The normalized spacial score (nSPS) is 27.4. The van der Waals surface area contributed by atoms with Crippen LogP contribution >= 0.6 is 0 Å². The van der Waals surface area contributed by atoms with Crippen molar-refractivity contribution < 1.29 is 14.7 Å². The van der Waals surface area contributed by atoms with Crippen LogP contribution in [0.1, 0.15) is 26.2 Å². The number of hydrogen-bond donors (Lipinski definition) is 3. The molecule has 1 atom stereocenters. The second-order valence-electron chi connectivity index (χ2n) is 4.03. The number of rotatable bonds is 3. The fraction of sp³-hybridized carbons (Fsp3) is 0.778. The molecule has 1 heterocycles. The number of carbonyl (C=O) groups excluding carboxylic acids is 1. The van der Waals surface area contributed by atoms with E-state index in [1.54, 1.807) is 0 Å². The summed E-state index contributed by atoms with van der Waals surface area (Å²) in [5, 5.41) is 13.9. The fourth-order valence-corrected chi connectivity index (χ4v) is 1.61. The summed E-state index contributed by atoms with van der Waals surface area (Å²) >= 11 is 0. The second kappa shape index (κ2) is 4.97. The molecular formula is C9H17N3O3. The van der Waals surface area contributed by atoms with Crippen LogP contribution in [0.3, 0.4) is 0 Å². The molecule has 0 bridgehead atoms. The van der Waals surface area contributed by atoms with E-state index >= 15 is 0 Å². The molecular weight excluding hydrogens is 198 g/mol. The largest absolute Gasteiger partial charge is 0.409 e. The van der Waals surface area contributed by atoms with Gasteiger partial charge in [-0.1, -0.05) is 5.16 Å². The van der Waals surface area contributed by atoms with Crippen molar-refractivity contribution >= 4 is 11.7 Å². The SMILES string of the molecule is CC1(NC(=O)CC(N)=NO)CCCOC1. The third kappa shape index (κ3) is 3.75. The molecule has 1 amide bonds. The van der Waals surface area contributed by atoms with Crippen molar-refractivity contribution in [3.05, 3.63) is 0 Å². The van der Waals surface area contributed by atoms with Crippen molar-refractivity contribution in [2.24, 2.45) is 10.9 Å². The molecule has 1 aliphatic rings. The molecule has 1 rings (SSSR count). The van der Waals surface area contributed by atoms with Gasteiger partial charge in [-0.05, 0) is 19.8 Å². The first-order valence-electron chi connectivity index (χ1n) is 4.91. The standard InChI is InChI=1S/C9H17N3O3/c1-9(3-2-4-15-6-9)11-8(13)5-7(10)12-14/h14H,2-6H2,1H3,(H2,10,12)(H,11,13). The van der Waals surface area contributed by atoms with E-state index in [1.165, 1.54) is 0 Å². The number of nitrogens with two attached hydrogens (primary N) is 1. The molecule has 0 aromatic carbocycles. The number of nitrogens with zero attached hydrogens (tertiary/aromatic N) is 1. The van der Waals surface area contributed by atoms with Crippen LogP contribution in [0.5, 0.6) is 0 Å². The first-order valence-corrected chi connectivity index (χ1v) is 4.91. The Kier molecular flexibility index (Phi) is 3.90. The lowest BCUT2D eigenvalue weighted by molar-refractivity contribution is -0.123. The average molecular weight is 215 g/mol. The monoisotopic (exact) mass is 215 g/mol. The Hall–Kier alpha value is -1.30.